The summed E-state index contributed by atoms with van der Waals surface area (Å²) in [4.78, 5) is 21.1. The van der Waals surface area contributed by atoms with Gasteiger partial charge in [-0.1, -0.05) is 23.2 Å². The highest BCUT2D eigenvalue weighted by molar-refractivity contribution is 7.16. The van der Waals surface area contributed by atoms with Crippen molar-refractivity contribution in [2.75, 3.05) is 11.9 Å². The molecule has 0 bridgehead atoms. The highest BCUT2D eigenvalue weighted by Gasteiger charge is 2.11. The number of rotatable bonds is 2. The van der Waals surface area contributed by atoms with Crippen LogP contribution in [0.2, 0.25) is 0 Å². The van der Waals surface area contributed by atoms with Gasteiger partial charge in [0.2, 0.25) is 0 Å². The number of thiazole rings is 2. The van der Waals surface area contributed by atoms with E-state index in [1.54, 1.807) is 6.20 Å². The fourth-order valence-corrected chi connectivity index (χ4v) is 2.50. The van der Waals surface area contributed by atoms with Gasteiger partial charge in [-0.3, -0.25) is 10.1 Å². The molecular formula is C11H9N3O2S2. The smallest absolute Gasteiger partial charge is 0.269 e. The Morgan fingerprint density at radius 2 is 2.28 bits per heavy atom. The lowest BCUT2D eigenvalue weighted by molar-refractivity contribution is 0.103. The zero-order chi connectivity index (χ0) is 13.0. The Labute approximate surface area is 112 Å². The summed E-state index contributed by atoms with van der Waals surface area (Å²) in [5.74, 6) is 5.02. The number of carbonyl (C=O) groups is 1. The Morgan fingerprint density at radius 3 is 2.94 bits per heavy atom. The van der Waals surface area contributed by atoms with Gasteiger partial charge in [-0.25, -0.2) is 9.97 Å². The molecule has 92 valence electrons. The summed E-state index contributed by atoms with van der Waals surface area (Å²) < 4.78 is 0. The highest BCUT2D eigenvalue weighted by atomic mass is 32.1. The maximum Gasteiger partial charge on any atom is 0.269 e. The summed E-state index contributed by atoms with van der Waals surface area (Å²) in [6.45, 7) is 1.65. The Kier molecular flexibility index (Phi) is 4.04. The van der Waals surface area contributed by atoms with Crippen LogP contribution in [0.4, 0.5) is 5.13 Å². The molecule has 5 nitrogen and oxygen atoms in total. The normalized spacial score (nSPS) is 9.67. The molecule has 0 saturated heterocycles. The van der Waals surface area contributed by atoms with Crippen LogP contribution in [0.25, 0.3) is 0 Å². The fourth-order valence-electron chi connectivity index (χ4n) is 1.14. The predicted molar refractivity (Wildman–Crippen MR) is 70.9 cm³/mol. The summed E-state index contributed by atoms with van der Waals surface area (Å²) in [6, 6.07) is 0. The number of nitrogens with one attached hydrogen (secondary N) is 1. The molecule has 0 fully saturated rings. The second-order valence-corrected chi connectivity index (χ2v) is 5.45. The Bertz CT molecular complexity index is 622. The van der Waals surface area contributed by atoms with Crippen molar-refractivity contribution in [1.82, 2.24) is 9.97 Å². The molecule has 0 aliphatic heterocycles. The van der Waals surface area contributed by atoms with E-state index in [4.69, 9.17) is 5.11 Å². The largest absolute Gasteiger partial charge is 0.384 e. The number of hydrogen-bond acceptors (Lipinski definition) is 6. The molecule has 0 saturated carbocycles. The predicted octanol–water partition coefficient (Wildman–Crippen LogP) is 1.50. The molecule has 0 spiro atoms. The monoisotopic (exact) mass is 279 g/mol. The first-order chi connectivity index (χ1) is 8.69. The molecule has 0 aromatic carbocycles. The lowest BCUT2D eigenvalue weighted by atomic mass is 10.5. The van der Waals surface area contributed by atoms with Crippen LogP contribution in [0.15, 0.2) is 12.4 Å². The van der Waals surface area contributed by atoms with Gasteiger partial charge in [0, 0.05) is 0 Å². The average Bonchev–Trinajstić information content (AvgIpc) is 2.96. The SMILES string of the molecule is Cc1ncc(C(=O)Nc2ncc(C#CCO)s2)s1. The third kappa shape index (κ3) is 3.13. The van der Waals surface area contributed by atoms with Crippen molar-refractivity contribution in [1.29, 1.82) is 0 Å². The molecule has 2 aromatic rings. The number of anilines is 1. The minimum absolute atomic E-state index is 0.195. The van der Waals surface area contributed by atoms with Crippen LogP contribution in [0.5, 0.6) is 0 Å². The number of amides is 1. The van der Waals surface area contributed by atoms with E-state index in [0.29, 0.717) is 14.9 Å². The van der Waals surface area contributed by atoms with E-state index >= 15 is 0 Å². The first-order valence-electron chi connectivity index (χ1n) is 4.98. The number of aryl methyl sites for hydroxylation is 1. The van der Waals surface area contributed by atoms with Gasteiger partial charge >= 0.3 is 0 Å². The van der Waals surface area contributed by atoms with E-state index in [1.807, 2.05) is 6.92 Å². The molecule has 0 radical (unpaired) electrons. The zero-order valence-corrected chi connectivity index (χ0v) is 11.1. The second-order valence-electron chi connectivity index (χ2n) is 3.19. The van der Waals surface area contributed by atoms with Gasteiger partial charge in [0.1, 0.15) is 11.5 Å². The van der Waals surface area contributed by atoms with Crippen molar-refractivity contribution in [2.24, 2.45) is 0 Å². The Hall–Kier alpha value is -1.75. The zero-order valence-electron chi connectivity index (χ0n) is 9.43. The molecule has 0 unspecified atom stereocenters. The van der Waals surface area contributed by atoms with Crippen LogP contribution in [0, 0.1) is 18.8 Å². The summed E-state index contributed by atoms with van der Waals surface area (Å²) in [5, 5.41) is 12.6. The van der Waals surface area contributed by atoms with Gasteiger partial charge in [-0.15, -0.1) is 11.3 Å². The third-order valence-electron chi connectivity index (χ3n) is 1.86. The molecule has 2 aromatic heterocycles. The number of aromatic nitrogens is 2. The average molecular weight is 279 g/mol. The van der Waals surface area contributed by atoms with Crippen molar-refractivity contribution in [3.63, 3.8) is 0 Å². The van der Waals surface area contributed by atoms with Gasteiger partial charge in [-0.2, -0.15) is 0 Å². The van der Waals surface area contributed by atoms with Crippen molar-refractivity contribution in [3.8, 4) is 11.8 Å². The first-order valence-corrected chi connectivity index (χ1v) is 6.61. The number of aliphatic hydroxyl groups excluding tert-OH is 1. The summed E-state index contributed by atoms with van der Waals surface area (Å²) >= 11 is 2.59. The molecule has 1 amide bonds. The molecule has 2 rings (SSSR count). The van der Waals surface area contributed by atoms with Crippen LogP contribution in [-0.2, 0) is 0 Å². The van der Waals surface area contributed by atoms with Gasteiger partial charge in [0.15, 0.2) is 5.13 Å². The highest BCUT2D eigenvalue weighted by Crippen LogP contribution is 2.19. The van der Waals surface area contributed by atoms with Crippen molar-refractivity contribution >= 4 is 33.7 Å². The number of aliphatic hydroxyl groups is 1. The Balaban J connectivity index is 2.05. The maximum absolute atomic E-state index is 11.8. The van der Waals surface area contributed by atoms with Gasteiger partial charge in [-0.05, 0) is 6.92 Å². The quantitative estimate of drug-likeness (QED) is 0.817. The maximum atomic E-state index is 11.8. The molecule has 18 heavy (non-hydrogen) atoms. The molecule has 0 atom stereocenters. The third-order valence-corrected chi connectivity index (χ3v) is 3.60. The minimum atomic E-state index is -0.225. The van der Waals surface area contributed by atoms with Crippen molar-refractivity contribution < 1.29 is 9.90 Å². The van der Waals surface area contributed by atoms with Crippen LogP contribution in [0.1, 0.15) is 19.6 Å². The first kappa shape index (κ1) is 12.7. The number of carbonyl (C=O) groups excluding carboxylic acids is 1. The molecular weight excluding hydrogens is 270 g/mol. The van der Waals surface area contributed by atoms with Gasteiger partial charge in [0.05, 0.1) is 22.3 Å². The van der Waals surface area contributed by atoms with E-state index < -0.39 is 0 Å². The summed E-state index contributed by atoms with van der Waals surface area (Å²) in [5.41, 5.74) is 0. The Morgan fingerprint density at radius 1 is 1.44 bits per heavy atom. The fraction of sp³-hybridized carbons (Fsp3) is 0.182. The van der Waals surface area contributed by atoms with E-state index in [1.165, 1.54) is 28.9 Å². The minimum Gasteiger partial charge on any atom is -0.384 e. The van der Waals surface area contributed by atoms with Crippen LogP contribution in [0.3, 0.4) is 0 Å². The van der Waals surface area contributed by atoms with Crippen molar-refractivity contribution in [2.45, 2.75) is 6.92 Å². The molecule has 0 aliphatic rings. The van der Waals surface area contributed by atoms with E-state index in [2.05, 4.69) is 27.1 Å². The standard InChI is InChI=1S/C11H9N3O2S2/c1-7-12-6-9(17-7)10(16)14-11-13-5-8(18-11)3-2-4-15/h5-6,15H,4H2,1H3,(H,13,14,16). The molecule has 2 heterocycles. The lowest BCUT2D eigenvalue weighted by Gasteiger charge is -1.96. The summed E-state index contributed by atoms with van der Waals surface area (Å²) in [7, 11) is 0. The van der Waals surface area contributed by atoms with E-state index in [-0.39, 0.29) is 12.5 Å². The van der Waals surface area contributed by atoms with Gasteiger partial charge < -0.3 is 5.11 Å². The van der Waals surface area contributed by atoms with Crippen LogP contribution in [-0.4, -0.2) is 27.6 Å². The van der Waals surface area contributed by atoms with E-state index in [0.717, 1.165) is 5.01 Å². The summed E-state index contributed by atoms with van der Waals surface area (Å²) in [6.07, 6.45) is 3.09. The van der Waals surface area contributed by atoms with Crippen LogP contribution >= 0.6 is 22.7 Å². The number of nitrogens with zero attached hydrogens (tertiary/aromatic N) is 2. The molecule has 0 aliphatic carbocycles. The van der Waals surface area contributed by atoms with Crippen molar-refractivity contribution in [3.05, 3.63) is 27.2 Å². The van der Waals surface area contributed by atoms with Gasteiger partial charge in [0.25, 0.3) is 5.91 Å². The topological polar surface area (TPSA) is 75.1 Å². The number of hydrogen-bond donors (Lipinski definition) is 2. The second kappa shape index (κ2) is 5.73. The van der Waals surface area contributed by atoms with E-state index in [9.17, 15) is 4.79 Å². The lowest BCUT2D eigenvalue weighted by Crippen LogP contribution is -2.09. The van der Waals surface area contributed by atoms with Crippen LogP contribution < -0.4 is 5.32 Å². The molecule has 7 heteroatoms. The molecule has 2 N–H and O–H groups in total.